The summed E-state index contributed by atoms with van der Waals surface area (Å²) in [5, 5.41) is 0. The molecule has 0 aromatic carbocycles. The van der Waals surface area contributed by atoms with E-state index in [4.69, 9.17) is 28.4 Å². The van der Waals surface area contributed by atoms with Crippen molar-refractivity contribution in [3.8, 4) is 0 Å². The third-order valence-corrected chi connectivity index (χ3v) is 25.1. The summed E-state index contributed by atoms with van der Waals surface area (Å²) in [5.74, 6) is 0. The fourth-order valence-electron chi connectivity index (χ4n) is 16.9. The van der Waals surface area contributed by atoms with E-state index in [1.807, 2.05) is 0 Å². The first-order valence-corrected chi connectivity index (χ1v) is 55.2. The second-order valence-electron chi connectivity index (χ2n) is 37.3. The van der Waals surface area contributed by atoms with Crippen LogP contribution in [0.5, 0.6) is 0 Å². The predicted molar refractivity (Wildman–Crippen MR) is 537 cm³/mol. The Kier molecular flexibility index (Phi) is 108. The first kappa shape index (κ1) is 118. The maximum absolute atomic E-state index is 7.50. The van der Waals surface area contributed by atoms with Crippen LogP contribution in [0.3, 0.4) is 0 Å². The summed E-state index contributed by atoms with van der Waals surface area (Å²) >= 11 is 0. The SMILES string of the molecule is CCCCCCCCC=CCCCCCCCCOC[C@H](OCCCCCCCCC=CCCCCCCCC)[C@@H](OCCCCCCCCC=CCCCCCCCC)[C@H](OCCCCCCCCC=CCCCCCCCC)[C@@H](COCCCCCCCCC=CCCCCCCCC)OCCCCCCCCC=CCCCCCCCC. The second-order valence-corrected chi connectivity index (χ2v) is 37.3. The van der Waals surface area contributed by atoms with Crippen LogP contribution in [-0.4, -0.2) is 77.3 Å². The molecule has 0 aliphatic rings. The van der Waals surface area contributed by atoms with Gasteiger partial charge in [0, 0.05) is 39.6 Å². The molecule has 0 aliphatic heterocycles. The van der Waals surface area contributed by atoms with Crippen LogP contribution in [0.2, 0.25) is 0 Å². The van der Waals surface area contributed by atoms with Crippen LogP contribution in [-0.2, 0) is 28.4 Å². The Bertz CT molecular complexity index is 1870. The zero-order valence-electron chi connectivity index (χ0n) is 82.7. The zero-order chi connectivity index (χ0) is 86.1. The predicted octanol–water partition coefficient (Wildman–Crippen LogP) is 38.8. The molecular weight excluding hydrogens is 1470 g/mol. The van der Waals surface area contributed by atoms with Crippen LogP contribution in [0.15, 0.2) is 72.9 Å². The van der Waals surface area contributed by atoms with Gasteiger partial charge in [0.1, 0.15) is 24.4 Å². The van der Waals surface area contributed by atoms with E-state index in [0.29, 0.717) is 39.6 Å². The number of ether oxygens (including phenoxy) is 6. The van der Waals surface area contributed by atoms with E-state index < -0.39 is 0 Å². The van der Waals surface area contributed by atoms with Crippen LogP contribution in [0.1, 0.15) is 581 Å². The molecule has 0 unspecified atom stereocenters. The van der Waals surface area contributed by atoms with E-state index in [9.17, 15) is 0 Å². The van der Waals surface area contributed by atoms with Crippen LogP contribution in [0, 0.1) is 0 Å². The molecule has 4 atom stereocenters. The van der Waals surface area contributed by atoms with Gasteiger partial charge in [0.2, 0.25) is 0 Å². The van der Waals surface area contributed by atoms with Gasteiger partial charge >= 0.3 is 0 Å². The highest BCUT2D eigenvalue weighted by molar-refractivity contribution is 4.89. The topological polar surface area (TPSA) is 55.4 Å². The highest BCUT2D eigenvalue weighted by Gasteiger charge is 2.39. The maximum Gasteiger partial charge on any atom is 0.115 e. The van der Waals surface area contributed by atoms with Crippen LogP contribution >= 0.6 is 0 Å². The van der Waals surface area contributed by atoms with E-state index in [-0.39, 0.29) is 24.4 Å². The second kappa shape index (κ2) is 110. The molecule has 0 aromatic heterocycles. The molecule has 0 rings (SSSR count). The summed E-state index contributed by atoms with van der Waals surface area (Å²) in [5.41, 5.74) is 0. The average Bonchev–Trinajstić information content (AvgIpc) is 0.841. The maximum atomic E-state index is 7.50. The first-order valence-electron chi connectivity index (χ1n) is 55.2. The van der Waals surface area contributed by atoms with Crippen molar-refractivity contribution in [1.82, 2.24) is 0 Å². The number of rotatable bonds is 107. The minimum Gasteiger partial charge on any atom is -0.379 e. The Morgan fingerprint density at radius 3 is 0.417 bits per heavy atom. The largest absolute Gasteiger partial charge is 0.379 e. The van der Waals surface area contributed by atoms with Gasteiger partial charge in [-0.1, -0.05) is 461 Å². The summed E-state index contributed by atoms with van der Waals surface area (Å²) in [4.78, 5) is 0. The van der Waals surface area contributed by atoms with Crippen molar-refractivity contribution in [3.05, 3.63) is 72.9 Å². The Hall–Kier alpha value is -1.80. The summed E-state index contributed by atoms with van der Waals surface area (Å²) < 4.78 is 43.5. The van der Waals surface area contributed by atoms with Crippen LogP contribution in [0.4, 0.5) is 0 Å². The van der Waals surface area contributed by atoms with Crippen molar-refractivity contribution >= 4 is 0 Å². The van der Waals surface area contributed by atoms with E-state index >= 15 is 0 Å². The standard InChI is InChI=1S/C114H218O6/c1-7-13-19-25-31-37-43-49-55-61-67-73-79-85-91-97-103-115-109-111(117-105-99-93-87-81-75-69-63-57-51-45-39-33-27-21-15-9-3)113(119-107-101-95-89-83-77-71-65-59-53-47-41-35-29-23-17-11-5)114(120-108-102-96-90-84-78-72-66-60-54-48-42-36-30-24-18-12-6)112(118-106-100-94-88-82-76-70-64-58-52-46-40-34-28-22-16-10-4)110-116-104-98-92-86-80-74-68-62-56-50-44-38-32-26-20-14-8-2/h49-60,111-114H,7-48,61-110H2,1-6H3/t111-,112+,113-,114-/m1/s1. The molecule has 0 bridgehead atoms. The third-order valence-electron chi connectivity index (χ3n) is 25.1. The fraction of sp³-hybridized carbons (Fsp3) is 0.895. The molecule has 0 radical (unpaired) electrons. The minimum absolute atomic E-state index is 0.270. The molecule has 0 aromatic rings. The molecule has 0 spiro atoms. The van der Waals surface area contributed by atoms with Crippen molar-refractivity contribution in [1.29, 1.82) is 0 Å². The molecule has 0 N–H and O–H groups in total. The van der Waals surface area contributed by atoms with Gasteiger partial charge in [0.05, 0.1) is 13.2 Å². The monoisotopic (exact) mass is 1680 g/mol. The number of hydrogen-bond donors (Lipinski definition) is 0. The summed E-state index contributed by atoms with van der Waals surface area (Å²) in [7, 11) is 0. The number of hydrogen-bond acceptors (Lipinski definition) is 6. The van der Waals surface area contributed by atoms with Gasteiger partial charge in [-0.25, -0.2) is 0 Å². The number of unbranched alkanes of at least 4 members (excludes halogenated alkanes) is 72. The van der Waals surface area contributed by atoms with Crippen LogP contribution in [0.25, 0.3) is 0 Å². The Morgan fingerprint density at radius 1 is 0.133 bits per heavy atom. The molecule has 6 nitrogen and oxygen atoms in total. The van der Waals surface area contributed by atoms with Gasteiger partial charge < -0.3 is 28.4 Å². The normalized spacial score (nSPS) is 13.3. The summed E-state index contributed by atoms with van der Waals surface area (Å²) in [6.45, 7) is 19.2. The van der Waals surface area contributed by atoms with Crippen molar-refractivity contribution in [2.24, 2.45) is 0 Å². The quantitative estimate of drug-likeness (QED) is 0.0447. The number of allylic oxidation sites excluding steroid dienone is 12. The van der Waals surface area contributed by atoms with Crippen molar-refractivity contribution in [2.75, 3.05) is 52.9 Å². The van der Waals surface area contributed by atoms with Gasteiger partial charge in [-0.15, -0.1) is 0 Å². The lowest BCUT2D eigenvalue weighted by Crippen LogP contribution is -2.53. The van der Waals surface area contributed by atoms with Gasteiger partial charge in [-0.3, -0.25) is 0 Å². The third kappa shape index (κ3) is 96.8. The molecule has 0 aliphatic carbocycles. The summed E-state index contributed by atoms with van der Waals surface area (Å²) in [6, 6.07) is 0. The average molecular weight is 1680 g/mol. The smallest absolute Gasteiger partial charge is 0.115 e. The van der Waals surface area contributed by atoms with Gasteiger partial charge in [-0.2, -0.15) is 0 Å². The van der Waals surface area contributed by atoms with Crippen molar-refractivity contribution < 1.29 is 28.4 Å². The van der Waals surface area contributed by atoms with Gasteiger partial charge in [-0.05, 0) is 193 Å². The van der Waals surface area contributed by atoms with E-state index in [2.05, 4.69) is 114 Å². The lowest BCUT2D eigenvalue weighted by Gasteiger charge is -2.37. The first-order chi connectivity index (χ1) is 59.7. The van der Waals surface area contributed by atoms with E-state index in [1.165, 1.54) is 501 Å². The molecular formula is C114H218O6. The van der Waals surface area contributed by atoms with Crippen molar-refractivity contribution in [2.45, 2.75) is 605 Å². The molecule has 120 heavy (non-hydrogen) atoms. The van der Waals surface area contributed by atoms with E-state index in [0.717, 1.165) is 51.7 Å². The molecule has 0 saturated heterocycles. The Morgan fingerprint density at radius 2 is 0.258 bits per heavy atom. The molecule has 0 amide bonds. The van der Waals surface area contributed by atoms with Crippen molar-refractivity contribution in [3.63, 3.8) is 0 Å². The highest BCUT2D eigenvalue weighted by atomic mass is 16.6. The lowest BCUT2D eigenvalue weighted by atomic mass is 10.0. The molecule has 0 saturated carbocycles. The lowest BCUT2D eigenvalue weighted by molar-refractivity contribution is -0.197. The van der Waals surface area contributed by atoms with Crippen LogP contribution < -0.4 is 0 Å². The zero-order valence-corrected chi connectivity index (χ0v) is 82.7. The van der Waals surface area contributed by atoms with E-state index in [1.54, 1.807) is 0 Å². The highest BCUT2D eigenvalue weighted by Crippen LogP contribution is 2.26. The fourth-order valence-corrected chi connectivity index (χ4v) is 16.9. The molecule has 6 heteroatoms. The molecule has 0 fully saturated rings. The molecule has 710 valence electrons. The minimum atomic E-state index is -0.338. The Balaban J connectivity index is 6.96. The van der Waals surface area contributed by atoms with Gasteiger partial charge in [0.15, 0.2) is 0 Å². The van der Waals surface area contributed by atoms with Gasteiger partial charge in [0.25, 0.3) is 0 Å². The Labute approximate surface area is 755 Å². The molecule has 0 heterocycles. The summed E-state index contributed by atoms with van der Waals surface area (Å²) in [6.07, 6.45) is 138.